The van der Waals surface area contributed by atoms with E-state index in [0.29, 0.717) is 4.88 Å². The average molecular weight is 208 g/mol. The number of hydrogen-bond acceptors (Lipinski definition) is 5. The number of carbonyl (C=O) groups is 2. The summed E-state index contributed by atoms with van der Waals surface area (Å²) in [4.78, 5) is 21.9. The van der Waals surface area contributed by atoms with Crippen molar-refractivity contribution in [1.29, 1.82) is 0 Å². The van der Waals surface area contributed by atoms with Crippen LogP contribution in [0.25, 0.3) is 0 Å². The third-order valence-electron chi connectivity index (χ3n) is 1.10. The Balaban J connectivity index is 0.00000144. The molecule has 2 N–H and O–H groups in total. The van der Waals surface area contributed by atoms with Crippen LogP contribution in [0.15, 0.2) is 17.5 Å². The second kappa shape index (κ2) is 6.28. The van der Waals surface area contributed by atoms with Crippen LogP contribution in [0.2, 0.25) is 0 Å². The van der Waals surface area contributed by atoms with Crippen LogP contribution in [-0.4, -0.2) is 48.0 Å². The number of nitrogens with two attached hydrogens (primary N) is 1. The third-order valence-corrected chi connectivity index (χ3v) is 1.95. The Kier molecular flexibility index (Phi) is 6.19. The van der Waals surface area contributed by atoms with E-state index in [-0.39, 0.29) is 36.1 Å². The molecule has 0 fully saturated rings. The van der Waals surface area contributed by atoms with E-state index in [2.05, 4.69) is 4.74 Å². The second-order valence-corrected chi connectivity index (χ2v) is 2.89. The largest absolute Gasteiger partial charge is 0.388 e. The van der Waals surface area contributed by atoms with Gasteiger partial charge in [-0.1, -0.05) is 6.07 Å². The van der Waals surface area contributed by atoms with Gasteiger partial charge in [0.1, 0.15) is 4.88 Å². The normalized spacial score (nSPS) is 8.69. The van der Waals surface area contributed by atoms with Gasteiger partial charge in [-0.05, 0) is 11.4 Å². The maximum absolute atomic E-state index is 11.0. The smallest absolute Gasteiger partial charge is 0.355 e. The standard InChI is InChI=1S/C7H7NO3S.Na/c8-4-6(9)11-7(10)5-2-1-3-12-5;/h1-3H,4,8H2;. The summed E-state index contributed by atoms with van der Waals surface area (Å²) >= 11 is 1.22. The van der Waals surface area contributed by atoms with E-state index in [4.69, 9.17) is 5.73 Å². The Morgan fingerprint density at radius 2 is 2.23 bits per heavy atom. The molecule has 0 bridgehead atoms. The topological polar surface area (TPSA) is 69.4 Å². The first kappa shape index (κ1) is 12.8. The van der Waals surface area contributed by atoms with Crippen molar-refractivity contribution >= 4 is 52.8 Å². The molecule has 13 heavy (non-hydrogen) atoms. The van der Waals surface area contributed by atoms with E-state index in [1.165, 1.54) is 11.3 Å². The maximum Gasteiger partial charge on any atom is 0.355 e. The van der Waals surface area contributed by atoms with Crippen LogP contribution in [0.5, 0.6) is 0 Å². The summed E-state index contributed by atoms with van der Waals surface area (Å²) in [7, 11) is 0. The van der Waals surface area contributed by atoms with Crippen LogP contribution in [0.4, 0.5) is 0 Å². The van der Waals surface area contributed by atoms with Gasteiger partial charge in [-0.15, -0.1) is 11.3 Å². The van der Waals surface area contributed by atoms with Gasteiger partial charge >= 0.3 is 11.9 Å². The molecule has 0 aliphatic rings. The van der Waals surface area contributed by atoms with Crippen molar-refractivity contribution in [2.24, 2.45) is 5.73 Å². The van der Waals surface area contributed by atoms with Crippen molar-refractivity contribution < 1.29 is 14.3 Å². The van der Waals surface area contributed by atoms with E-state index >= 15 is 0 Å². The summed E-state index contributed by atoms with van der Waals surface area (Å²) in [5.74, 6) is -1.35. The number of rotatable bonds is 2. The maximum atomic E-state index is 11.0. The van der Waals surface area contributed by atoms with Crippen LogP contribution >= 0.6 is 11.3 Å². The number of hydrogen-bond donors (Lipinski definition) is 1. The van der Waals surface area contributed by atoms with Crippen molar-refractivity contribution in [3.63, 3.8) is 0 Å². The fourth-order valence-electron chi connectivity index (χ4n) is 0.590. The van der Waals surface area contributed by atoms with Gasteiger partial charge in [0.2, 0.25) is 0 Å². The quantitative estimate of drug-likeness (QED) is 0.422. The molecule has 0 saturated heterocycles. The summed E-state index contributed by atoms with van der Waals surface area (Å²) in [5.41, 5.74) is 4.95. The number of ether oxygens (including phenoxy) is 1. The Morgan fingerprint density at radius 1 is 1.54 bits per heavy atom. The molecule has 0 saturated carbocycles. The summed E-state index contributed by atoms with van der Waals surface area (Å²) in [6.45, 7) is -0.281. The predicted molar refractivity (Wildman–Crippen MR) is 49.5 cm³/mol. The molecule has 6 heteroatoms. The molecule has 0 aliphatic carbocycles. The number of thiophene rings is 1. The minimum absolute atomic E-state index is 0. The fourth-order valence-corrected chi connectivity index (χ4v) is 1.19. The first-order valence-electron chi connectivity index (χ1n) is 3.22. The summed E-state index contributed by atoms with van der Waals surface area (Å²) in [6, 6.07) is 3.28. The molecule has 0 spiro atoms. The van der Waals surface area contributed by atoms with Crippen molar-refractivity contribution in [2.75, 3.05) is 6.54 Å². The minimum Gasteiger partial charge on any atom is -0.388 e. The van der Waals surface area contributed by atoms with Crippen molar-refractivity contribution in [2.45, 2.75) is 0 Å². The molecule has 1 radical (unpaired) electrons. The van der Waals surface area contributed by atoms with Gasteiger partial charge in [0.15, 0.2) is 0 Å². The zero-order valence-electron chi connectivity index (χ0n) is 7.15. The van der Waals surface area contributed by atoms with E-state index in [0.717, 1.165) is 0 Å². The Morgan fingerprint density at radius 3 is 2.69 bits per heavy atom. The van der Waals surface area contributed by atoms with Crippen molar-refractivity contribution in [3.8, 4) is 0 Å². The zero-order chi connectivity index (χ0) is 8.97. The van der Waals surface area contributed by atoms with Crippen LogP contribution in [0, 0.1) is 0 Å². The number of carbonyl (C=O) groups excluding carboxylic acids is 2. The van der Waals surface area contributed by atoms with E-state index < -0.39 is 11.9 Å². The van der Waals surface area contributed by atoms with Crippen LogP contribution < -0.4 is 5.73 Å². The first-order valence-corrected chi connectivity index (χ1v) is 4.10. The van der Waals surface area contributed by atoms with Crippen LogP contribution in [0.1, 0.15) is 9.67 Å². The summed E-state index contributed by atoms with van der Waals surface area (Å²) in [6.07, 6.45) is 0. The molecule has 1 aromatic heterocycles. The predicted octanol–water partition coefficient (Wildman–Crippen LogP) is 0.00940. The van der Waals surface area contributed by atoms with Gasteiger partial charge in [0.25, 0.3) is 0 Å². The molecular formula is C7H7NNaO3S. The van der Waals surface area contributed by atoms with E-state index in [9.17, 15) is 9.59 Å². The molecule has 0 unspecified atom stereocenters. The Hall–Kier alpha value is -0.200. The number of esters is 2. The van der Waals surface area contributed by atoms with Gasteiger partial charge in [0, 0.05) is 29.6 Å². The van der Waals surface area contributed by atoms with Crippen LogP contribution in [0.3, 0.4) is 0 Å². The molecule has 0 atom stereocenters. The molecule has 1 heterocycles. The molecule has 65 valence electrons. The molecule has 0 aromatic carbocycles. The second-order valence-electron chi connectivity index (χ2n) is 1.94. The molecular weight excluding hydrogens is 201 g/mol. The Bertz CT molecular complexity index is 286. The van der Waals surface area contributed by atoms with Gasteiger partial charge in [-0.25, -0.2) is 4.79 Å². The summed E-state index contributed by atoms with van der Waals surface area (Å²) < 4.78 is 4.35. The monoisotopic (exact) mass is 208 g/mol. The van der Waals surface area contributed by atoms with Crippen molar-refractivity contribution in [3.05, 3.63) is 22.4 Å². The van der Waals surface area contributed by atoms with E-state index in [1.54, 1.807) is 17.5 Å². The Labute approximate surface area is 101 Å². The van der Waals surface area contributed by atoms with Gasteiger partial charge in [-0.3, -0.25) is 4.79 Å². The van der Waals surface area contributed by atoms with Gasteiger partial charge in [-0.2, -0.15) is 0 Å². The minimum atomic E-state index is -0.714. The molecule has 4 nitrogen and oxygen atoms in total. The van der Waals surface area contributed by atoms with Crippen LogP contribution in [-0.2, 0) is 9.53 Å². The SMILES string of the molecule is NCC(=O)OC(=O)c1cccs1.[Na]. The molecule has 1 rings (SSSR count). The van der Waals surface area contributed by atoms with Gasteiger partial charge < -0.3 is 10.5 Å². The van der Waals surface area contributed by atoms with Gasteiger partial charge in [0.05, 0.1) is 6.54 Å². The van der Waals surface area contributed by atoms with Crippen molar-refractivity contribution in [1.82, 2.24) is 0 Å². The van der Waals surface area contributed by atoms with E-state index in [1.807, 2.05) is 0 Å². The zero-order valence-corrected chi connectivity index (χ0v) is 9.97. The summed E-state index contributed by atoms with van der Waals surface area (Å²) in [5, 5.41) is 1.73. The molecule has 0 amide bonds. The molecule has 1 aromatic rings. The fraction of sp³-hybridized carbons (Fsp3) is 0.143. The third kappa shape index (κ3) is 4.02. The molecule has 0 aliphatic heterocycles. The average Bonchev–Trinajstić information content (AvgIpc) is 2.56. The first-order chi connectivity index (χ1) is 5.74.